The second-order valence-corrected chi connectivity index (χ2v) is 4.29. The van der Waals surface area contributed by atoms with Gasteiger partial charge in [0.15, 0.2) is 0 Å². The van der Waals surface area contributed by atoms with Crippen LogP contribution in [0.25, 0.3) is 0 Å². The summed E-state index contributed by atoms with van der Waals surface area (Å²) < 4.78 is 6.95. The third kappa shape index (κ3) is 2.76. The van der Waals surface area contributed by atoms with Crippen LogP contribution >= 0.6 is 0 Å². The SMILES string of the molecule is CCc1cc(C(O)c2cncc(OC)c2)n(CC)n1. The molecule has 0 aliphatic heterocycles. The van der Waals surface area contributed by atoms with Crippen LogP contribution in [0.1, 0.15) is 36.9 Å². The minimum absolute atomic E-state index is 0.634. The van der Waals surface area contributed by atoms with E-state index in [0.29, 0.717) is 11.3 Å². The van der Waals surface area contributed by atoms with Crippen molar-refractivity contribution in [1.29, 1.82) is 0 Å². The molecule has 0 aliphatic rings. The van der Waals surface area contributed by atoms with E-state index < -0.39 is 6.10 Å². The van der Waals surface area contributed by atoms with Gasteiger partial charge in [0, 0.05) is 18.3 Å². The highest BCUT2D eigenvalue weighted by Gasteiger charge is 2.17. The van der Waals surface area contributed by atoms with Gasteiger partial charge in [0.2, 0.25) is 0 Å². The maximum absolute atomic E-state index is 10.5. The quantitative estimate of drug-likeness (QED) is 0.893. The van der Waals surface area contributed by atoms with Crippen LogP contribution in [0.15, 0.2) is 24.5 Å². The standard InChI is InChI=1S/C14H19N3O2/c1-4-11-7-13(17(5-2)16-11)14(18)10-6-12(19-3)9-15-8-10/h6-9,14,18H,4-5H2,1-3H3. The van der Waals surface area contributed by atoms with E-state index >= 15 is 0 Å². The zero-order valence-electron chi connectivity index (χ0n) is 11.5. The zero-order valence-corrected chi connectivity index (χ0v) is 11.5. The van der Waals surface area contributed by atoms with Crippen molar-refractivity contribution in [3.63, 3.8) is 0 Å². The lowest BCUT2D eigenvalue weighted by atomic mass is 10.1. The Hall–Kier alpha value is -1.88. The third-order valence-corrected chi connectivity index (χ3v) is 3.09. The maximum Gasteiger partial charge on any atom is 0.137 e. The van der Waals surface area contributed by atoms with Crippen LogP contribution < -0.4 is 4.74 Å². The molecule has 102 valence electrons. The minimum atomic E-state index is -0.740. The van der Waals surface area contributed by atoms with Crippen molar-refractivity contribution < 1.29 is 9.84 Å². The molecule has 1 N–H and O–H groups in total. The molecule has 19 heavy (non-hydrogen) atoms. The van der Waals surface area contributed by atoms with Crippen LogP contribution in [0, 0.1) is 0 Å². The lowest BCUT2D eigenvalue weighted by Crippen LogP contribution is -2.09. The molecule has 2 aromatic heterocycles. The number of hydrogen-bond acceptors (Lipinski definition) is 4. The summed E-state index contributed by atoms with van der Waals surface area (Å²) in [6.07, 6.45) is 3.37. The van der Waals surface area contributed by atoms with Gasteiger partial charge in [-0.3, -0.25) is 9.67 Å². The molecular weight excluding hydrogens is 242 g/mol. The van der Waals surface area contributed by atoms with Crippen molar-refractivity contribution in [3.05, 3.63) is 41.5 Å². The normalized spacial score (nSPS) is 12.4. The van der Waals surface area contributed by atoms with Gasteiger partial charge in [0.1, 0.15) is 11.9 Å². The molecule has 0 fully saturated rings. The molecule has 0 aliphatic carbocycles. The van der Waals surface area contributed by atoms with E-state index in [1.807, 2.05) is 24.6 Å². The van der Waals surface area contributed by atoms with Gasteiger partial charge in [-0.2, -0.15) is 5.10 Å². The Morgan fingerprint density at radius 2 is 2.11 bits per heavy atom. The van der Waals surface area contributed by atoms with E-state index in [4.69, 9.17) is 4.74 Å². The molecule has 0 bridgehead atoms. The molecule has 0 saturated carbocycles. The van der Waals surface area contributed by atoms with Crippen molar-refractivity contribution in [2.45, 2.75) is 32.9 Å². The second-order valence-electron chi connectivity index (χ2n) is 4.29. The van der Waals surface area contributed by atoms with Gasteiger partial charge in [-0.05, 0) is 25.5 Å². The molecule has 2 rings (SSSR count). The number of methoxy groups -OCH3 is 1. The summed E-state index contributed by atoms with van der Waals surface area (Å²) in [5, 5.41) is 14.9. The number of pyridine rings is 1. The average Bonchev–Trinajstić information content (AvgIpc) is 2.89. The van der Waals surface area contributed by atoms with Gasteiger partial charge in [-0.15, -0.1) is 0 Å². The highest BCUT2D eigenvalue weighted by atomic mass is 16.5. The molecule has 0 amide bonds. The average molecular weight is 261 g/mol. The molecule has 0 radical (unpaired) electrons. The number of aliphatic hydroxyl groups excluding tert-OH is 1. The number of aromatic nitrogens is 3. The molecule has 0 spiro atoms. The fourth-order valence-corrected chi connectivity index (χ4v) is 2.00. The molecule has 5 heteroatoms. The topological polar surface area (TPSA) is 60.2 Å². The van der Waals surface area contributed by atoms with Crippen molar-refractivity contribution in [1.82, 2.24) is 14.8 Å². The van der Waals surface area contributed by atoms with Crippen LogP contribution in [0.3, 0.4) is 0 Å². The predicted molar refractivity (Wildman–Crippen MR) is 72.1 cm³/mol. The number of ether oxygens (including phenoxy) is 1. The number of aryl methyl sites for hydroxylation is 2. The summed E-state index contributed by atoms with van der Waals surface area (Å²) in [6, 6.07) is 3.73. The van der Waals surface area contributed by atoms with E-state index in [-0.39, 0.29) is 0 Å². The molecule has 5 nitrogen and oxygen atoms in total. The molecule has 1 unspecified atom stereocenters. The number of rotatable bonds is 5. The van der Waals surface area contributed by atoms with E-state index in [1.165, 1.54) is 0 Å². The first-order valence-corrected chi connectivity index (χ1v) is 6.43. The van der Waals surface area contributed by atoms with E-state index in [2.05, 4.69) is 10.1 Å². The second kappa shape index (κ2) is 5.84. The van der Waals surface area contributed by atoms with Crippen molar-refractivity contribution in [3.8, 4) is 5.75 Å². The summed E-state index contributed by atoms with van der Waals surface area (Å²) in [6.45, 7) is 4.78. The Kier molecular flexibility index (Phi) is 4.16. The van der Waals surface area contributed by atoms with E-state index in [1.54, 1.807) is 25.6 Å². The van der Waals surface area contributed by atoms with Gasteiger partial charge >= 0.3 is 0 Å². The summed E-state index contributed by atoms with van der Waals surface area (Å²) in [5.74, 6) is 0.634. The molecular formula is C14H19N3O2. The van der Waals surface area contributed by atoms with Gasteiger partial charge in [-0.1, -0.05) is 6.92 Å². The molecule has 1 atom stereocenters. The van der Waals surface area contributed by atoms with E-state index in [9.17, 15) is 5.11 Å². The summed E-state index contributed by atoms with van der Waals surface area (Å²) in [4.78, 5) is 4.07. The Balaban J connectivity index is 2.36. The Morgan fingerprint density at radius 3 is 2.74 bits per heavy atom. The van der Waals surface area contributed by atoms with Crippen molar-refractivity contribution in [2.24, 2.45) is 0 Å². The predicted octanol–water partition coefficient (Wildman–Crippen LogP) is 1.95. The molecule has 2 aromatic rings. The van der Waals surface area contributed by atoms with Gasteiger partial charge < -0.3 is 9.84 Å². The lowest BCUT2D eigenvalue weighted by molar-refractivity contribution is 0.207. The first-order chi connectivity index (χ1) is 9.19. The third-order valence-electron chi connectivity index (χ3n) is 3.09. The molecule has 2 heterocycles. The first-order valence-electron chi connectivity index (χ1n) is 6.43. The lowest BCUT2D eigenvalue weighted by Gasteiger charge is -2.13. The fourth-order valence-electron chi connectivity index (χ4n) is 2.00. The number of aliphatic hydroxyl groups is 1. The van der Waals surface area contributed by atoms with Crippen LogP contribution in [0.5, 0.6) is 5.75 Å². The Morgan fingerprint density at radius 1 is 1.32 bits per heavy atom. The molecule has 0 aromatic carbocycles. The Labute approximate surface area is 112 Å². The Bertz CT molecular complexity index is 551. The van der Waals surface area contributed by atoms with Crippen LogP contribution in [-0.4, -0.2) is 27.0 Å². The highest BCUT2D eigenvalue weighted by Crippen LogP contribution is 2.24. The van der Waals surface area contributed by atoms with Gasteiger partial charge in [0.25, 0.3) is 0 Å². The van der Waals surface area contributed by atoms with Crippen molar-refractivity contribution >= 4 is 0 Å². The summed E-state index contributed by atoms with van der Waals surface area (Å²) in [5.41, 5.74) is 2.47. The zero-order chi connectivity index (χ0) is 13.8. The van der Waals surface area contributed by atoms with Gasteiger partial charge in [0.05, 0.1) is 24.7 Å². The highest BCUT2D eigenvalue weighted by molar-refractivity contribution is 5.30. The maximum atomic E-state index is 10.5. The van der Waals surface area contributed by atoms with Gasteiger partial charge in [-0.25, -0.2) is 0 Å². The smallest absolute Gasteiger partial charge is 0.137 e. The number of hydrogen-bond donors (Lipinski definition) is 1. The summed E-state index contributed by atoms with van der Waals surface area (Å²) in [7, 11) is 1.58. The van der Waals surface area contributed by atoms with Crippen LogP contribution in [-0.2, 0) is 13.0 Å². The van der Waals surface area contributed by atoms with E-state index in [0.717, 1.165) is 24.4 Å². The molecule has 0 saturated heterocycles. The minimum Gasteiger partial charge on any atom is -0.495 e. The summed E-state index contributed by atoms with van der Waals surface area (Å²) >= 11 is 0. The monoisotopic (exact) mass is 261 g/mol. The first kappa shape index (κ1) is 13.5. The van der Waals surface area contributed by atoms with Crippen LogP contribution in [0.2, 0.25) is 0 Å². The number of nitrogens with zero attached hydrogens (tertiary/aromatic N) is 3. The fraction of sp³-hybridized carbons (Fsp3) is 0.429. The largest absolute Gasteiger partial charge is 0.495 e. The van der Waals surface area contributed by atoms with Crippen molar-refractivity contribution in [2.75, 3.05) is 7.11 Å². The van der Waals surface area contributed by atoms with Crippen LogP contribution in [0.4, 0.5) is 0 Å².